The number of aliphatic carboxylic acids is 1. The lowest BCUT2D eigenvalue weighted by Crippen LogP contribution is -2.37. The number of carboxylic acid groups (broad SMARTS) is 1. The molecule has 6 nitrogen and oxygen atoms in total. The van der Waals surface area contributed by atoms with Crippen molar-refractivity contribution in [3.8, 4) is 5.75 Å². The van der Waals surface area contributed by atoms with Crippen molar-refractivity contribution in [1.82, 2.24) is 4.90 Å². The highest BCUT2D eigenvalue weighted by atomic mass is 16.5. The van der Waals surface area contributed by atoms with E-state index in [9.17, 15) is 14.7 Å². The number of amides is 1. The number of carboxylic acids is 1. The third-order valence-electron chi connectivity index (χ3n) is 5.85. The summed E-state index contributed by atoms with van der Waals surface area (Å²) in [5.74, 6) is -0.00509. The molecule has 0 bridgehead atoms. The summed E-state index contributed by atoms with van der Waals surface area (Å²) in [6.45, 7) is 0.879. The Labute approximate surface area is 145 Å². The normalized spacial score (nSPS) is 25.3. The smallest absolute Gasteiger partial charge is 0.311 e. The van der Waals surface area contributed by atoms with Crippen molar-refractivity contribution in [1.29, 1.82) is 0 Å². The molecule has 1 saturated heterocycles. The topological polar surface area (TPSA) is 80.0 Å². The van der Waals surface area contributed by atoms with Crippen LogP contribution in [0.3, 0.4) is 0 Å². The molecule has 1 amide bonds. The van der Waals surface area contributed by atoms with Gasteiger partial charge in [0.1, 0.15) is 11.3 Å². The first-order valence-electron chi connectivity index (χ1n) is 8.59. The van der Waals surface area contributed by atoms with Gasteiger partial charge in [-0.1, -0.05) is 6.42 Å². The molecule has 0 spiro atoms. The fourth-order valence-corrected chi connectivity index (χ4v) is 4.43. The minimum absolute atomic E-state index is 0.0338. The molecule has 1 saturated carbocycles. The first kappa shape index (κ1) is 16.0. The summed E-state index contributed by atoms with van der Waals surface area (Å²) in [4.78, 5) is 26.2. The molecule has 2 aromatic rings. The minimum atomic E-state index is -0.758. The first-order chi connectivity index (χ1) is 12.0. The van der Waals surface area contributed by atoms with E-state index in [0.717, 1.165) is 23.8 Å². The van der Waals surface area contributed by atoms with Gasteiger partial charge in [0.25, 0.3) is 0 Å². The zero-order valence-corrected chi connectivity index (χ0v) is 14.2. The SMILES string of the molecule is COc1ccc2c(CC(=O)N3C[C@@H]4CCC[C@@]4(C(=O)O)C3)coc2c1. The van der Waals surface area contributed by atoms with E-state index in [1.165, 1.54) is 0 Å². The van der Waals surface area contributed by atoms with Crippen molar-refractivity contribution in [2.24, 2.45) is 11.3 Å². The summed E-state index contributed by atoms with van der Waals surface area (Å²) < 4.78 is 10.7. The van der Waals surface area contributed by atoms with Gasteiger partial charge in [-0.3, -0.25) is 9.59 Å². The van der Waals surface area contributed by atoms with Crippen molar-refractivity contribution in [3.05, 3.63) is 30.0 Å². The van der Waals surface area contributed by atoms with E-state index >= 15 is 0 Å². The average Bonchev–Trinajstić information content (AvgIpc) is 3.26. The average molecular weight is 343 g/mol. The van der Waals surface area contributed by atoms with Crippen LogP contribution >= 0.6 is 0 Å². The van der Waals surface area contributed by atoms with Crippen LogP contribution in [0.5, 0.6) is 5.75 Å². The van der Waals surface area contributed by atoms with Gasteiger partial charge in [-0.05, 0) is 30.9 Å². The maximum absolute atomic E-state index is 12.7. The molecule has 4 rings (SSSR count). The van der Waals surface area contributed by atoms with Crippen LogP contribution in [-0.4, -0.2) is 42.1 Å². The first-order valence-corrected chi connectivity index (χ1v) is 8.59. The van der Waals surface area contributed by atoms with Crippen LogP contribution in [0.1, 0.15) is 24.8 Å². The number of hydrogen-bond donors (Lipinski definition) is 1. The molecule has 6 heteroatoms. The summed E-state index contributed by atoms with van der Waals surface area (Å²) in [6.07, 6.45) is 4.33. The highest BCUT2D eigenvalue weighted by Gasteiger charge is 2.55. The van der Waals surface area contributed by atoms with Crippen LogP contribution in [0.25, 0.3) is 11.0 Å². The Morgan fingerprint density at radius 1 is 1.44 bits per heavy atom. The molecule has 1 aromatic heterocycles. The van der Waals surface area contributed by atoms with Gasteiger partial charge in [0.05, 0.1) is 25.2 Å². The Hall–Kier alpha value is -2.50. The zero-order chi connectivity index (χ0) is 17.6. The third-order valence-corrected chi connectivity index (χ3v) is 5.85. The standard InChI is InChI=1S/C19H21NO5/c1-24-14-4-5-15-12(10-25-16(15)8-14)7-17(21)20-9-13-3-2-6-19(13,11-20)18(22)23/h4-5,8,10,13H,2-3,6-7,9,11H2,1H3,(H,22,23)/t13-,19+/m0/s1. The Balaban J connectivity index is 1.52. The Morgan fingerprint density at radius 3 is 3.00 bits per heavy atom. The predicted molar refractivity (Wildman–Crippen MR) is 90.5 cm³/mol. The number of carbonyl (C=O) groups is 2. The molecule has 2 atom stereocenters. The number of benzene rings is 1. The molecular weight excluding hydrogens is 322 g/mol. The number of hydrogen-bond acceptors (Lipinski definition) is 4. The van der Waals surface area contributed by atoms with Gasteiger partial charge < -0.3 is 19.2 Å². The second kappa shape index (κ2) is 5.79. The summed E-state index contributed by atoms with van der Waals surface area (Å²) in [5, 5.41) is 10.5. The highest BCUT2D eigenvalue weighted by molar-refractivity contribution is 5.89. The predicted octanol–water partition coefficient (Wildman–Crippen LogP) is 2.70. The van der Waals surface area contributed by atoms with Crippen LogP contribution in [0.15, 0.2) is 28.9 Å². The molecule has 2 aliphatic rings. The van der Waals surface area contributed by atoms with Crippen molar-refractivity contribution in [3.63, 3.8) is 0 Å². The number of carbonyl (C=O) groups excluding carboxylic acids is 1. The molecule has 0 unspecified atom stereocenters. The number of furan rings is 1. The van der Waals surface area contributed by atoms with E-state index < -0.39 is 11.4 Å². The van der Waals surface area contributed by atoms with Crippen molar-refractivity contribution in [2.75, 3.05) is 20.2 Å². The lowest BCUT2D eigenvalue weighted by Gasteiger charge is -2.23. The van der Waals surface area contributed by atoms with E-state index in [4.69, 9.17) is 9.15 Å². The number of rotatable bonds is 4. The molecule has 1 aliphatic heterocycles. The van der Waals surface area contributed by atoms with E-state index in [-0.39, 0.29) is 18.2 Å². The molecular formula is C19H21NO5. The van der Waals surface area contributed by atoms with Gasteiger partial charge in [-0.15, -0.1) is 0 Å². The van der Waals surface area contributed by atoms with Crippen LogP contribution in [0, 0.1) is 11.3 Å². The van der Waals surface area contributed by atoms with Gasteiger partial charge in [0.15, 0.2) is 0 Å². The summed E-state index contributed by atoms with van der Waals surface area (Å²) in [5.41, 5.74) is 0.771. The number of nitrogens with zero attached hydrogens (tertiary/aromatic N) is 1. The molecule has 25 heavy (non-hydrogen) atoms. The summed E-state index contributed by atoms with van der Waals surface area (Å²) in [7, 11) is 1.59. The third kappa shape index (κ3) is 2.47. The second-order valence-electron chi connectivity index (χ2n) is 7.12. The number of ether oxygens (including phenoxy) is 1. The van der Waals surface area contributed by atoms with Gasteiger partial charge in [0.2, 0.25) is 5.91 Å². The molecule has 1 aliphatic carbocycles. The zero-order valence-electron chi connectivity index (χ0n) is 14.2. The van der Waals surface area contributed by atoms with E-state index in [1.807, 2.05) is 12.1 Å². The maximum Gasteiger partial charge on any atom is 0.311 e. The fourth-order valence-electron chi connectivity index (χ4n) is 4.43. The van der Waals surface area contributed by atoms with E-state index in [0.29, 0.717) is 30.8 Å². The van der Waals surface area contributed by atoms with Gasteiger partial charge >= 0.3 is 5.97 Å². The highest BCUT2D eigenvalue weighted by Crippen LogP contribution is 2.49. The monoisotopic (exact) mass is 343 g/mol. The molecule has 2 fully saturated rings. The lowest BCUT2D eigenvalue weighted by molar-refractivity contribution is -0.149. The fraction of sp³-hybridized carbons (Fsp3) is 0.474. The molecule has 1 aromatic carbocycles. The Morgan fingerprint density at radius 2 is 2.28 bits per heavy atom. The number of methoxy groups -OCH3 is 1. The van der Waals surface area contributed by atoms with Crippen molar-refractivity contribution in [2.45, 2.75) is 25.7 Å². The van der Waals surface area contributed by atoms with E-state index in [1.54, 1.807) is 24.3 Å². The lowest BCUT2D eigenvalue weighted by atomic mass is 9.81. The van der Waals surface area contributed by atoms with Crippen LogP contribution in [-0.2, 0) is 16.0 Å². The number of fused-ring (bicyclic) bond motifs is 2. The summed E-state index contributed by atoms with van der Waals surface area (Å²) >= 11 is 0. The van der Waals surface area contributed by atoms with Crippen LogP contribution < -0.4 is 4.74 Å². The van der Waals surface area contributed by atoms with Gasteiger partial charge in [-0.25, -0.2) is 0 Å². The Bertz CT molecular complexity index is 841. The molecule has 0 radical (unpaired) electrons. The maximum atomic E-state index is 12.7. The summed E-state index contributed by atoms with van der Waals surface area (Å²) in [6, 6.07) is 5.52. The van der Waals surface area contributed by atoms with Crippen LogP contribution in [0.2, 0.25) is 0 Å². The van der Waals surface area contributed by atoms with Crippen LogP contribution in [0.4, 0.5) is 0 Å². The van der Waals surface area contributed by atoms with Gasteiger partial charge in [0, 0.05) is 30.1 Å². The quantitative estimate of drug-likeness (QED) is 0.923. The van der Waals surface area contributed by atoms with E-state index in [2.05, 4.69) is 0 Å². The molecule has 132 valence electrons. The molecule has 2 heterocycles. The minimum Gasteiger partial charge on any atom is -0.497 e. The second-order valence-corrected chi connectivity index (χ2v) is 7.12. The molecule has 1 N–H and O–H groups in total. The Kier molecular flexibility index (Phi) is 3.71. The van der Waals surface area contributed by atoms with Gasteiger partial charge in [-0.2, -0.15) is 0 Å². The number of likely N-dealkylation sites (tertiary alicyclic amines) is 1. The van der Waals surface area contributed by atoms with Crippen molar-refractivity contribution < 1.29 is 23.8 Å². The largest absolute Gasteiger partial charge is 0.497 e. The van der Waals surface area contributed by atoms with Crippen molar-refractivity contribution >= 4 is 22.8 Å².